The van der Waals surface area contributed by atoms with Gasteiger partial charge in [0, 0.05) is 39.2 Å². The van der Waals surface area contributed by atoms with Gasteiger partial charge in [-0.25, -0.2) is 4.99 Å². The van der Waals surface area contributed by atoms with Crippen LogP contribution in [0.15, 0.2) is 29.3 Å². The molecule has 1 aliphatic heterocycles. The highest BCUT2D eigenvalue weighted by atomic mass is 16.3. The maximum Gasteiger partial charge on any atom is 0.222 e. The number of carbonyl (C=O) groups excluding carboxylic acids is 1. The van der Waals surface area contributed by atoms with Gasteiger partial charge in [-0.2, -0.15) is 0 Å². The molecule has 0 spiro atoms. The fourth-order valence-corrected chi connectivity index (χ4v) is 4.76. The Morgan fingerprint density at radius 1 is 1.17 bits per heavy atom. The van der Waals surface area contributed by atoms with Gasteiger partial charge in [0.1, 0.15) is 0 Å². The standard InChI is InChI=1S/C24H38N4O2/c1-2-25-23(27-19-24(13-15-29)11-4-3-5-12-24)26-17-20-8-6-9-21(16-20)18-28-14-7-10-22(28)30/h6,8-9,16,29H,2-5,7,10-15,17-19H2,1H3,(H2,25,26,27). The number of aliphatic hydroxyl groups excluding tert-OH is 1. The number of amides is 1. The third kappa shape index (κ3) is 6.46. The molecule has 1 aromatic carbocycles. The molecule has 1 heterocycles. The second-order valence-electron chi connectivity index (χ2n) is 8.82. The van der Waals surface area contributed by atoms with Crippen molar-refractivity contribution < 1.29 is 9.90 Å². The van der Waals surface area contributed by atoms with E-state index in [1.807, 2.05) is 4.90 Å². The van der Waals surface area contributed by atoms with Crippen molar-refractivity contribution in [1.29, 1.82) is 0 Å². The maximum absolute atomic E-state index is 11.9. The Balaban J connectivity index is 1.59. The average Bonchev–Trinajstić information content (AvgIpc) is 3.16. The molecule has 1 saturated carbocycles. The Hall–Kier alpha value is -2.08. The van der Waals surface area contributed by atoms with E-state index in [1.54, 1.807) is 0 Å². The number of guanidine groups is 1. The number of carbonyl (C=O) groups is 1. The summed E-state index contributed by atoms with van der Waals surface area (Å²) in [6.07, 6.45) is 8.67. The van der Waals surface area contributed by atoms with Crippen LogP contribution in [0, 0.1) is 5.41 Å². The predicted molar refractivity (Wildman–Crippen MR) is 121 cm³/mol. The van der Waals surface area contributed by atoms with E-state index >= 15 is 0 Å². The second kappa shape index (κ2) is 11.3. The van der Waals surface area contributed by atoms with E-state index in [0.29, 0.717) is 19.5 Å². The fourth-order valence-electron chi connectivity index (χ4n) is 4.76. The summed E-state index contributed by atoms with van der Waals surface area (Å²) >= 11 is 0. The van der Waals surface area contributed by atoms with Crippen LogP contribution in [0.5, 0.6) is 0 Å². The Labute approximate surface area is 181 Å². The van der Waals surface area contributed by atoms with E-state index in [2.05, 4.69) is 41.8 Å². The predicted octanol–water partition coefficient (Wildman–Crippen LogP) is 3.20. The van der Waals surface area contributed by atoms with Crippen molar-refractivity contribution in [3.63, 3.8) is 0 Å². The zero-order valence-electron chi connectivity index (χ0n) is 18.5. The summed E-state index contributed by atoms with van der Waals surface area (Å²) < 4.78 is 0. The first-order chi connectivity index (χ1) is 14.6. The molecule has 3 N–H and O–H groups in total. The molecule has 2 aliphatic rings. The molecule has 3 rings (SSSR count). The first-order valence-corrected chi connectivity index (χ1v) is 11.6. The minimum Gasteiger partial charge on any atom is -0.396 e. The number of rotatable bonds is 9. The van der Waals surface area contributed by atoms with Gasteiger partial charge in [0.25, 0.3) is 0 Å². The highest BCUT2D eigenvalue weighted by molar-refractivity contribution is 5.79. The number of hydrogen-bond donors (Lipinski definition) is 3. The topological polar surface area (TPSA) is 77.0 Å². The SMILES string of the molecule is CCNC(=NCc1cccc(CN2CCCC2=O)c1)NCC1(CCO)CCCCC1. The molecule has 6 heteroatoms. The molecular formula is C24H38N4O2. The van der Waals surface area contributed by atoms with Crippen molar-refractivity contribution in [1.82, 2.24) is 15.5 Å². The number of nitrogens with one attached hydrogen (secondary N) is 2. The van der Waals surface area contributed by atoms with Crippen molar-refractivity contribution in [2.75, 3.05) is 26.2 Å². The number of aliphatic hydroxyl groups is 1. The molecular weight excluding hydrogens is 376 g/mol. The van der Waals surface area contributed by atoms with Crippen LogP contribution in [0.2, 0.25) is 0 Å². The molecule has 1 amide bonds. The molecule has 0 unspecified atom stereocenters. The minimum atomic E-state index is 0.186. The van der Waals surface area contributed by atoms with Crippen LogP contribution >= 0.6 is 0 Å². The molecule has 0 aromatic heterocycles. The maximum atomic E-state index is 11.9. The number of benzene rings is 1. The van der Waals surface area contributed by atoms with Crippen molar-refractivity contribution in [2.24, 2.45) is 10.4 Å². The Bertz CT molecular complexity index is 707. The minimum absolute atomic E-state index is 0.186. The monoisotopic (exact) mass is 414 g/mol. The molecule has 6 nitrogen and oxygen atoms in total. The molecule has 0 radical (unpaired) electrons. The molecule has 0 bridgehead atoms. The summed E-state index contributed by atoms with van der Waals surface area (Å²) in [6.45, 7) is 6.16. The third-order valence-corrected chi connectivity index (χ3v) is 6.49. The van der Waals surface area contributed by atoms with Crippen molar-refractivity contribution in [2.45, 2.75) is 71.4 Å². The van der Waals surface area contributed by atoms with Gasteiger partial charge in [0.15, 0.2) is 5.96 Å². The number of hydrogen-bond acceptors (Lipinski definition) is 3. The van der Waals surface area contributed by atoms with E-state index in [9.17, 15) is 9.90 Å². The highest BCUT2D eigenvalue weighted by Gasteiger charge is 2.31. The first-order valence-electron chi connectivity index (χ1n) is 11.6. The normalized spacial score (nSPS) is 19.2. The summed E-state index contributed by atoms with van der Waals surface area (Å²) in [5.74, 6) is 1.09. The Kier molecular flexibility index (Phi) is 8.55. The third-order valence-electron chi connectivity index (χ3n) is 6.49. The Morgan fingerprint density at radius 2 is 1.97 bits per heavy atom. The zero-order valence-corrected chi connectivity index (χ0v) is 18.5. The van der Waals surface area contributed by atoms with Crippen LogP contribution in [-0.4, -0.2) is 48.1 Å². The molecule has 166 valence electrons. The summed E-state index contributed by atoms with van der Waals surface area (Å²) in [6, 6.07) is 8.40. The van der Waals surface area contributed by atoms with Gasteiger partial charge < -0.3 is 20.6 Å². The Morgan fingerprint density at radius 3 is 2.67 bits per heavy atom. The number of aliphatic imine (C=N–C) groups is 1. The molecule has 1 saturated heterocycles. The second-order valence-corrected chi connectivity index (χ2v) is 8.82. The molecule has 2 fully saturated rings. The molecule has 30 heavy (non-hydrogen) atoms. The van der Waals surface area contributed by atoms with Crippen LogP contribution in [0.3, 0.4) is 0 Å². The van der Waals surface area contributed by atoms with Crippen LogP contribution in [0.4, 0.5) is 0 Å². The van der Waals surface area contributed by atoms with Gasteiger partial charge in [0.2, 0.25) is 5.91 Å². The smallest absolute Gasteiger partial charge is 0.222 e. The van der Waals surface area contributed by atoms with E-state index in [4.69, 9.17) is 4.99 Å². The van der Waals surface area contributed by atoms with E-state index in [-0.39, 0.29) is 17.9 Å². The number of likely N-dealkylation sites (tertiary alicyclic amines) is 1. The first kappa shape index (κ1) is 22.6. The van der Waals surface area contributed by atoms with Gasteiger partial charge in [-0.05, 0) is 49.1 Å². The van der Waals surface area contributed by atoms with Crippen molar-refractivity contribution in [3.05, 3.63) is 35.4 Å². The fraction of sp³-hybridized carbons (Fsp3) is 0.667. The number of nitrogens with zero attached hydrogens (tertiary/aromatic N) is 2. The lowest BCUT2D eigenvalue weighted by Gasteiger charge is -2.37. The van der Waals surface area contributed by atoms with Gasteiger partial charge in [-0.3, -0.25) is 4.79 Å². The highest BCUT2D eigenvalue weighted by Crippen LogP contribution is 2.38. The van der Waals surface area contributed by atoms with Crippen molar-refractivity contribution in [3.8, 4) is 0 Å². The average molecular weight is 415 g/mol. The summed E-state index contributed by atoms with van der Waals surface area (Å²) in [7, 11) is 0. The van der Waals surface area contributed by atoms with Gasteiger partial charge in [-0.15, -0.1) is 0 Å². The van der Waals surface area contributed by atoms with E-state index < -0.39 is 0 Å². The molecule has 1 aliphatic carbocycles. The summed E-state index contributed by atoms with van der Waals surface area (Å²) in [4.78, 5) is 18.6. The van der Waals surface area contributed by atoms with Crippen LogP contribution in [0.25, 0.3) is 0 Å². The summed E-state index contributed by atoms with van der Waals surface area (Å²) in [5, 5.41) is 16.4. The molecule has 1 aromatic rings. The van der Waals surface area contributed by atoms with Crippen LogP contribution in [-0.2, 0) is 17.9 Å². The zero-order chi connectivity index (χ0) is 21.2. The van der Waals surface area contributed by atoms with Gasteiger partial charge >= 0.3 is 0 Å². The lowest BCUT2D eigenvalue weighted by atomic mass is 9.72. The summed E-state index contributed by atoms with van der Waals surface area (Å²) in [5.41, 5.74) is 2.50. The van der Waals surface area contributed by atoms with Crippen molar-refractivity contribution >= 4 is 11.9 Å². The largest absolute Gasteiger partial charge is 0.396 e. The van der Waals surface area contributed by atoms with E-state index in [0.717, 1.165) is 44.0 Å². The van der Waals surface area contributed by atoms with Gasteiger partial charge in [-0.1, -0.05) is 43.5 Å². The van der Waals surface area contributed by atoms with Crippen LogP contribution in [0.1, 0.15) is 69.4 Å². The van der Waals surface area contributed by atoms with Gasteiger partial charge in [0.05, 0.1) is 6.54 Å². The molecule has 0 atom stereocenters. The lowest BCUT2D eigenvalue weighted by molar-refractivity contribution is -0.128. The lowest BCUT2D eigenvalue weighted by Crippen LogP contribution is -2.44. The van der Waals surface area contributed by atoms with Crippen LogP contribution < -0.4 is 10.6 Å². The quantitative estimate of drug-likeness (QED) is 0.428. The van der Waals surface area contributed by atoms with E-state index in [1.165, 1.54) is 37.7 Å².